The summed E-state index contributed by atoms with van der Waals surface area (Å²) < 4.78 is 0. The molecule has 5 rings (SSSR count). The van der Waals surface area contributed by atoms with E-state index in [0.29, 0.717) is 17.3 Å². The van der Waals surface area contributed by atoms with Crippen LogP contribution in [0.15, 0.2) is 79.0 Å². The summed E-state index contributed by atoms with van der Waals surface area (Å²) >= 11 is 1.49. The number of carbonyl (C=O) groups is 1. The second kappa shape index (κ2) is 8.76. The number of nitrogens with one attached hydrogen (secondary N) is 1. The predicted molar refractivity (Wildman–Crippen MR) is 133 cm³/mol. The van der Waals surface area contributed by atoms with Crippen LogP contribution in [0.25, 0.3) is 32.3 Å². The molecule has 8 heteroatoms. The first-order valence-electron chi connectivity index (χ1n) is 10.3. The highest BCUT2D eigenvalue weighted by Crippen LogP contribution is 2.33. The maximum Gasteiger partial charge on any atom is 0.274 e. The van der Waals surface area contributed by atoms with Crippen molar-refractivity contribution < 1.29 is 4.79 Å². The van der Waals surface area contributed by atoms with Crippen molar-refractivity contribution >= 4 is 39.1 Å². The van der Waals surface area contributed by atoms with E-state index in [1.807, 2.05) is 85.7 Å². The van der Waals surface area contributed by atoms with E-state index in [2.05, 4.69) is 25.3 Å². The standard InChI is InChI=1S/C25H20N6OS/c1-31(2)21-15-20(27-22(30-21)16-9-4-3-5-10-16)23(32)28-18-12-7-6-11-17(18)24-29-19-13-8-14-26-25(19)33-24/h3-15H,1-2H3,(H,28,32). The molecule has 162 valence electrons. The SMILES string of the molecule is CN(C)c1cc(C(=O)Nc2ccccc2-c2nc3cccnc3s2)nc(-c2ccccc2)n1. The van der Waals surface area contributed by atoms with Crippen LogP contribution < -0.4 is 10.2 Å². The molecule has 0 radical (unpaired) electrons. The summed E-state index contributed by atoms with van der Waals surface area (Å²) in [4.78, 5) is 34.2. The fraction of sp³-hybridized carbons (Fsp3) is 0.0800. The minimum atomic E-state index is -0.315. The van der Waals surface area contributed by atoms with Gasteiger partial charge in [0, 0.05) is 37.5 Å². The molecule has 33 heavy (non-hydrogen) atoms. The number of benzene rings is 2. The van der Waals surface area contributed by atoms with Crippen LogP contribution in [0, 0.1) is 0 Å². The van der Waals surface area contributed by atoms with Crippen LogP contribution in [0.3, 0.4) is 0 Å². The number of fused-ring (bicyclic) bond motifs is 1. The lowest BCUT2D eigenvalue weighted by molar-refractivity contribution is 0.102. The van der Waals surface area contributed by atoms with Crippen molar-refractivity contribution in [1.29, 1.82) is 0 Å². The molecule has 0 fully saturated rings. The van der Waals surface area contributed by atoms with Crippen molar-refractivity contribution in [2.24, 2.45) is 0 Å². The largest absolute Gasteiger partial charge is 0.363 e. The van der Waals surface area contributed by atoms with Gasteiger partial charge in [-0.05, 0) is 24.3 Å². The smallest absolute Gasteiger partial charge is 0.274 e. The summed E-state index contributed by atoms with van der Waals surface area (Å²) in [6, 6.07) is 22.7. The van der Waals surface area contributed by atoms with Gasteiger partial charge in [-0.2, -0.15) is 0 Å². The van der Waals surface area contributed by atoms with E-state index in [1.54, 1.807) is 12.3 Å². The Hall–Kier alpha value is -4.17. The molecule has 0 saturated heterocycles. The number of aromatic nitrogens is 4. The highest BCUT2D eigenvalue weighted by molar-refractivity contribution is 7.21. The molecule has 5 aromatic rings. The molecule has 0 spiro atoms. The van der Waals surface area contributed by atoms with Gasteiger partial charge < -0.3 is 10.2 Å². The first-order chi connectivity index (χ1) is 16.1. The molecular weight excluding hydrogens is 432 g/mol. The lowest BCUT2D eigenvalue weighted by Gasteiger charge is -2.15. The van der Waals surface area contributed by atoms with E-state index in [-0.39, 0.29) is 11.6 Å². The molecular formula is C25H20N6OS. The predicted octanol–water partition coefficient (Wildman–Crippen LogP) is 5.13. The summed E-state index contributed by atoms with van der Waals surface area (Å²) in [6.45, 7) is 0. The van der Waals surface area contributed by atoms with Gasteiger partial charge in [0.05, 0.1) is 5.69 Å². The van der Waals surface area contributed by atoms with Crippen LogP contribution in [0.4, 0.5) is 11.5 Å². The van der Waals surface area contributed by atoms with E-state index < -0.39 is 0 Å². The number of nitrogens with zero attached hydrogens (tertiary/aromatic N) is 5. The normalized spacial score (nSPS) is 10.8. The monoisotopic (exact) mass is 452 g/mol. The number of amides is 1. The third kappa shape index (κ3) is 4.28. The fourth-order valence-corrected chi connectivity index (χ4v) is 4.29. The van der Waals surface area contributed by atoms with Gasteiger partial charge in [0.2, 0.25) is 0 Å². The Bertz CT molecular complexity index is 1420. The number of pyridine rings is 1. The summed E-state index contributed by atoms with van der Waals surface area (Å²) in [5, 5.41) is 3.81. The molecule has 1 N–H and O–H groups in total. The molecule has 0 aliphatic carbocycles. The number of rotatable bonds is 5. The van der Waals surface area contributed by atoms with Gasteiger partial charge in [0.25, 0.3) is 5.91 Å². The number of thiazole rings is 1. The quantitative estimate of drug-likeness (QED) is 0.398. The summed E-state index contributed by atoms with van der Waals surface area (Å²) in [6.07, 6.45) is 1.75. The van der Waals surface area contributed by atoms with Gasteiger partial charge >= 0.3 is 0 Å². The Balaban J connectivity index is 1.51. The zero-order chi connectivity index (χ0) is 22.8. The Morgan fingerprint density at radius 1 is 0.909 bits per heavy atom. The van der Waals surface area contributed by atoms with Gasteiger partial charge in [0.1, 0.15) is 26.9 Å². The third-order valence-electron chi connectivity index (χ3n) is 5.01. The summed E-state index contributed by atoms with van der Waals surface area (Å²) in [5.41, 5.74) is 3.45. The molecule has 1 amide bonds. The number of hydrogen-bond donors (Lipinski definition) is 1. The van der Waals surface area contributed by atoms with E-state index in [1.165, 1.54) is 11.3 Å². The Morgan fingerprint density at radius 3 is 2.48 bits per heavy atom. The van der Waals surface area contributed by atoms with E-state index in [4.69, 9.17) is 0 Å². The van der Waals surface area contributed by atoms with Crippen molar-refractivity contribution in [3.05, 3.63) is 84.7 Å². The molecule has 0 saturated carbocycles. The van der Waals surface area contributed by atoms with Crippen molar-refractivity contribution in [3.8, 4) is 22.0 Å². The van der Waals surface area contributed by atoms with Crippen molar-refractivity contribution in [2.75, 3.05) is 24.3 Å². The second-order valence-corrected chi connectivity index (χ2v) is 8.52. The molecule has 0 bridgehead atoms. The minimum absolute atomic E-state index is 0.285. The molecule has 3 heterocycles. The maximum absolute atomic E-state index is 13.3. The maximum atomic E-state index is 13.3. The van der Waals surface area contributed by atoms with Gasteiger partial charge in [-0.1, -0.05) is 53.8 Å². The Labute approximate surface area is 194 Å². The first-order valence-corrected chi connectivity index (χ1v) is 11.1. The van der Waals surface area contributed by atoms with Gasteiger partial charge in [-0.25, -0.2) is 19.9 Å². The van der Waals surface area contributed by atoms with Crippen LogP contribution in [-0.4, -0.2) is 39.9 Å². The second-order valence-electron chi connectivity index (χ2n) is 7.54. The molecule has 0 atom stereocenters. The fourth-order valence-electron chi connectivity index (χ4n) is 3.35. The number of para-hydroxylation sites is 1. The zero-order valence-electron chi connectivity index (χ0n) is 18.1. The summed E-state index contributed by atoms with van der Waals surface area (Å²) in [7, 11) is 3.77. The third-order valence-corrected chi connectivity index (χ3v) is 6.02. The number of anilines is 2. The van der Waals surface area contributed by atoms with Crippen LogP contribution >= 0.6 is 11.3 Å². The van der Waals surface area contributed by atoms with Crippen LogP contribution in [0.2, 0.25) is 0 Å². The van der Waals surface area contributed by atoms with E-state index in [0.717, 1.165) is 26.5 Å². The van der Waals surface area contributed by atoms with Crippen LogP contribution in [0.5, 0.6) is 0 Å². The topological polar surface area (TPSA) is 83.9 Å². The average Bonchev–Trinajstić information content (AvgIpc) is 3.29. The first kappa shape index (κ1) is 20.7. The van der Waals surface area contributed by atoms with Crippen molar-refractivity contribution in [1.82, 2.24) is 19.9 Å². The van der Waals surface area contributed by atoms with Gasteiger partial charge in [-0.3, -0.25) is 4.79 Å². The highest BCUT2D eigenvalue weighted by Gasteiger charge is 2.17. The van der Waals surface area contributed by atoms with E-state index in [9.17, 15) is 4.79 Å². The van der Waals surface area contributed by atoms with Crippen LogP contribution in [0.1, 0.15) is 10.5 Å². The zero-order valence-corrected chi connectivity index (χ0v) is 18.9. The Kier molecular flexibility index (Phi) is 5.50. The summed E-state index contributed by atoms with van der Waals surface area (Å²) in [5.74, 6) is 0.835. The van der Waals surface area contributed by atoms with Gasteiger partial charge in [0.15, 0.2) is 5.82 Å². The molecule has 2 aromatic carbocycles. The minimum Gasteiger partial charge on any atom is -0.363 e. The molecule has 3 aromatic heterocycles. The lowest BCUT2D eigenvalue weighted by Crippen LogP contribution is -2.18. The lowest BCUT2D eigenvalue weighted by atomic mass is 10.1. The number of hydrogen-bond acceptors (Lipinski definition) is 7. The average molecular weight is 453 g/mol. The van der Waals surface area contributed by atoms with Crippen molar-refractivity contribution in [3.63, 3.8) is 0 Å². The molecule has 0 aliphatic rings. The van der Waals surface area contributed by atoms with Crippen LogP contribution in [-0.2, 0) is 0 Å². The number of carbonyl (C=O) groups excluding carboxylic acids is 1. The highest BCUT2D eigenvalue weighted by atomic mass is 32.1. The molecule has 0 unspecified atom stereocenters. The van der Waals surface area contributed by atoms with Crippen molar-refractivity contribution in [2.45, 2.75) is 0 Å². The Morgan fingerprint density at radius 2 is 1.70 bits per heavy atom. The molecule has 0 aliphatic heterocycles. The molecule has 7 nitrogen and oxygen atoms in total. The van der Waals surface area contributed by atoms with Gasteiger partial charge in [-0.15, -0.1) is 0 Å². The van der Waals surface area contributed by atoms with E-state index >= 15 is 0 Å².